The molecular weight excluding hydrogens is 299 g/mol. The average molecular weight is 312 g/mol. The predicted octanol–water partition coefficient (Wildman–Crippen LogP) is 4.83. The van der Waals surface area contributed by atoms with Crippen LogP contribution in [-0.4, -0.2) is 6.26 Å². The highest BCUT2D eigenvalue weighted by Crippen LogP contribution is 2.30. The van der Waals surface area contributed by atoms with E-state index >= 15 is 0 Å². The minimum Gasteiger partial charge on any atom is -0.431 e. The Bertz CT molecular complexity index is 853. The molecule has 2 nitrogen and oxygen atoms in total. The highest BCUT2D eigenvalue weighted by Gasteiger charge is 2.13. The molecule has 4 heteroatoms. The smallest absolute Gasteiger partial charge is 0.344 e. The van der Waals surface area contributed by atoms with Crippen molar-refractivity contribution in [2.45, 2.75) is 4.90 Å². The van der Waals surface area contributed by atoms with Crippen LogP contribution in [-0.2, 0) is 0 Å². The molecule has 0 bridgehead atoms. The molecule has 0 saturated heterocycles. The fourth-order valence-corrected chi connectivity index (χ4v) is 2.75. The third-order valence-corrected chi connectivity index (χ3v) is 4.14. The lowest BCUT2D eigenvalue weighted by atomic mass is 9.97. The summed E-state index contributed by atoms with van der Waals surface area (Å²) in [7, 11) is 0. The van der Waals surface area contributed by atoms with Gasteiger partial charge >= 0.3 is 5.63 Å². The van der Waals surface area contributed by atoms with Gasteiger partial charge < -0.3 is 4.42 Å². The number of halogens is 1. The van der Waals surface area contributed by atoms with E-state index in [2.05, 4.69) is 0 Å². The molecule has 0 aliphatic heterocycles. The van der Waals surface area contributed by atoms with Gasteiger partial charge in [-0.3, -0.25) is 0 Å². The zero-order valence-corrected chi connectivity index (χ0v) is 12.7. The highest BCUT2D eigenvalue weighted by molar-refractivity contribution is 7.98. The van der Waals surface area contributed by atoms with E-state index in [-0.39, 0.29) is 5.82 Å². The van der Waals surface area contributed by atoms with Crippen LogP contribution in [0.25, 0.3) is 22.3 Å². The maximum absolute atomic E-state index is 13.5. The summed E-state index contributed by atoms with van der Waals surface area (Å²) in [4.78, 5) is 13.3. The molecule has 0 N–H and O–H groups in total. The van der Waals surface area contributed by atoms with Crippen molar-refractivity contribution in [3.8, 4) is 22.3 Å². The van der Waals surface area contributed by atoms with Crippen molar-refractivity contribution in [2.75, 3.05) is 6.26 Å². The molecule has 0 unspecified atom stereocenters. The lowest BCUT2D eigenvalue weighted by molar-refractivity contribution is 0.513. The van der Waals surface area contributed by atoms with E-state index in [1.165, 1.54) is 18.4 Å². The summed E-state index contributed by atoms with van der Waals surface area (Å²) >= 11 is 1.65. The van der Waals surface area contributed by atoms with Crippen LogP contribution in [0.1, 0.15) is 0 Å². The number of hydrogen-bond donors (Lipinski definition) is 0. The van der Waals surface area contributed by atoms with Gasteiger partial charge in [-0.1, -0.05) is 24.3 Å². The Balaban J connectivity index is 2.20. The van der Waals surface area contributed by atoms with Crippen LogP contribution in [0.5, 0.6) is 0 Å². The van der Waals surface area contributed by atoms with Gasteiger partial charge in [-0.15, -0.1) is 11.8 Å². The third-order valence-electron chi connectivity index (χ3n) is 3.40. The molecule has 3 aromatic rings. The van der Waals surface area contributed by atoms with Gasteiger partial charge in [0.2, 0.25) is 0 Å². The first-order chi connectivity index (χ1) is 10.7. The molecule has 0 amide bonds. The fraction of sp³-hybridized carbons (Fsp3) is 0.0556. The van der Waals surface area contributed by atoms with E-state index in [9.17, 15) is 9.18 Å². The molecule has 0 atom stereocenters. The van der Waals surface area contributed by atoms with E-state index in [4.69, 9.17) is 4.42 Å². The van der Waals surface area contributed by atoms with Crippen LogP contribution in [0, 0.1) is 5.82 Å². The van der Waals surface area contributed by atoms with E-state index < -0.39 is 5.63 Å². The molecule has 0 radical (unpaired) electrons. The van der Waals surface area contributed by atoms with Crippen molar-refractivity contribution < 1.29 is 8.81 Å². The van der Waals surface area contributed by atoms with Crippen molar-refractivity contribution in [3.63, 3.8) is 0 Å². The normalized spacial score (nSPS) is 10.6. The molecule has 0 fully saturated rings. The summed E-state index contributed by atoms with van der Waals surface area (Å²) in [6.45, 7) is 0. The summed E-state index contributed by atoms with van der Waals surface area (Å²) in [6, 6.07) is 15.6. The molecule has 1 heterocycles. The van der Waals surface area contributed by atoms with E-state index in [1.807, 2.05) is 30.5 Å². The molecule has 1 aromatic heterocycles. The number of thioether (sulfide) groups is 1. The van der Waals surface area contributed by atoms with Crippen LogP contribution in [0.2, 0.25) is 0 Å². The zero-order valence-electron chi connectivity index (χ0n) is 11.9. The second-order valence-electron chi connectivity index (χ2n) is 4.74. The van der Waals surface area contributed by atoms with Gasteiger partial charge in [-0.05, 0) is 53.3 Å². The zero-order chi connectivity index (χ0) is 15.5. The maximum atomic E-state index is 13.5. The Labute approximate surface area is 131 Å². The Morgan fingerprint density at radius 3 is 2.45 bits per heavy atom. The van der Waals surface area contributed by atoms with Gasteiger partial charge in [0.1, 0.15) is 5.82 Å². The second-order valence-corrected chi connectivity index (χ2v) is 5.62. The molecule has 3 rings (SSSR count). The van der Waals surface area contributed by atoms with E-state index in [0.717, 1.165) is 16.0 Å². The number of rotatable bonds is 3. The SMILES string of the molecule is CSc1ccc(-c2ccoc(=O)c2-c2cccc(F)c2)cc1. The Hall–Kier alpha value is -2.33. The van der Waals surface area contributed by atoms with Crippen LogP contribution >= 0.6 is 11.8 Å². The van der Waals surface area contributed by atoms with Crippen LogP contribution in [0.15, 0.2) is 75.0 Å². The summed E-state index contributed by atoms with van der Waals surface area (Å²) in [5, 5.41) is 0. The average Bonchev–Trinajstić information content (AvgIpc) is 2.54. The van der Waals surface area contributed by atoms with Crippen molar-refractivity contribution in [1.82, 2.24) is 0 Å². The van der Waals surface area contributed by atoms with Crippen LogP contribution in [0.4, 0.5) is 4.39 Å². The third kappa shape index (κ3) is 2.83. The van der Waals surface area contributed by atoms with Crippen LogP contribution < -0.4 is 5.63 Å². The van der Waals surface area contributed by atoms with E-state index in [1.54, 1.807) is 30.0 Å². The van der Waals surface area contributed by atoms with E-state index in [0.29, 0.717) is 11.1 Å². The van der Waals surface area contributed by atoms with Gasteiger partial charge in [0, 0.05) is 4.90 Å². The molecule has 0 aliphatic rings. The minimum atomic E-state index is -0.475. The lowest BCUT2D eigenvalue weighted by Gasteiger charge is -2.09. The minimum absolute atomic E-state index is 0.374. The molecule has 110 valence electrons. The molecule has 0 aliphatic carbocycles. The van der Waals surface area contributed by atoms with Gasteiger partial charge in [0.05, 0.1) is 11.8 Å². The van der Waals surface area contributed by atoms with Gasteiger partial charge in [-0.25, -0.2) is 9.18 Å². The first kappa shape index (κ1) is 14.6. The summed E-state index contributed by atoms with van der Waals surface area (Å²) in [5.41, 5.74) is 2.04. The molecule has 22 heavy (non-hydrogen) atoms. The Kier molecular flexibility index (Phi) is 4.11. The molecular formula is C18H13FO2S. The summed E-state index contributed by atoms with van der Waals surface area (Å²) in [6.07, 6.45) is 3.37. The number of benzene rings is 2. The number of hydrogen-bond acceptors (Lipinski definition) is 3. The Morgan fingerprint density at radius 2 is 1.77 bits per heavy atom. The topological polar surface area (TPSA) is 30.2 Å². The van der Waals surface area contributed by atoms with Crippen LogP contribution in [0.3, 0.4) is 0 Å². The Morgan fingerprint density at radius 1 is 1.00 bits per heavy atom. The van der Waals surface area contributed by atoms with Gasteiger partial charge in [0.15, 0.2) is 0 Å². The highest BCUT2D eigenvalue weighted by atomic mass is 32.2. The van der Waals surface area contributed by atoms with Gasteiger partial charge in [0.25, 0.3) is 0 Å². The summed E-state index contributed by atoms with van der Waals surface area (Å²) in [5.74, 6) is -0.385. The van der Waals surface area contributed by atoms with Crippen molar-refractivity contribution >= 4 is 11.8 Å². The first-order valence-corrected chi connectivity index (χ1v) is 7.93. The first-order valence-electron chi connectivity index (χ1n) is 6.71. The summed E-state index contributed by atoms with van der Waals surface area (Å²) < 4.78 is 18.5. The monoisotopic (exact) mass is 312 g/mol. The quantitative estimate of drug-likeness (QED) is 0.649. The molecule has 0 spiro atoms. The largest absolute Gasteiger partial charge is 0.431 e. The molecule has 2 aromatic carbocycles. The predicted molar refractivity (Wildman–Crippen MR) is 87.6 cm³/mol. The van der Waals surface area contributed by atoms with Crippen molar-refractivity contribution in [3.05, 3.63) is 77.1 Å². The maximum Gasteiger partial charge on any atom is 0.344 e. The van der Waals surface area contributed by atoms with Crippen molar-refractivity contribution in [1.29, 1.82) is 0 Å². The van der Waals surface area contributed by atoms with Gasteiger partial charge in [-0.2, -0.15) is 0 Å². The lowest BCUT2D eigenvalue weighted by Crippen LogP contribution is -2.04. The second kappa shape index (κ2) is 6.20. The fourth-order valence-electron chi connectivity index (χ4n) is 2.34. The van der Waals surface area contributed by atoms with Crippen molar-refractivity contribution in [2.24, 2.45) is 0 Å². The molecule has 0 saturated carbocycles. The standard InChI is InChI=1S/C18H13FO2S/c1-22-15-7-5-12(6-8-15)16-9-10-21-18(20)17(16)13-3-2-4-14(19)11-13/h2-11H,1H3.